The van der Waals surface area contributed by atoms with Crippen LogP contribution in [0.5, 0.6) is 0 Å². The first-order chi connectivity index (χ1) is 15.9. The van der Waals surface area contributed by atoms with Gasteiger partial charge in [0.05, 0.1) is 11.0 Å². The van der Waals surface area contributed by atoms with Gasteiger partial charge in [0.1, 0.15) is 11.6 Å². The number of aromatic nitrogens is 2. The summed E-state index contributed by atoms with van der Waals surface area (Å²) < 4.78 is 15.3. The summed E-state index contributed by atoms with van der Waals surface area (Å²) in [6.45, 7) is 8.90. The first kappa shape index (κ1) is 22.4. The van der Waals surface area contributed by atoms with Crippen molar-refractivity contribution in [3.8, 4) is 5.69 Å². The molecule has 0 saturated carbocycles. The number of imidazole rings is 1. The van der Waals surface area contributed by atoms with Crippen molar-refractivity contribution >= 4 is 28.3 Å². The second-order valence-corrected chi connectivity index (χ2v) is 8.22. The van der Waals surface area contributed by atoms with Crippen molar-refractivity contribution in [1.82, 2.24) is 9.55 Å². The van der Waals surface area contributed by atoms with E-state index in [0.29, 0.717) is 17.2 Å². The lowest BCUT2D eigenvalue weighted by atomic mass is 9.99. The Morgan fingerprint density at radius 3 is 2.33 bits per heavy atom. The predicted octanol–water partition coefficient (Wildman–Crippen LogP) is 6.19. The fourth-order valence-electron chi connectivity index (χ4n) is 3.96. The van der Waals surface area contributed by atoms with E-state index in [1.807, 2.05) is 54.8 Å². The monoisotopic (exact) mass is 442 g/mol. The Bertz CT molecular complexity index is 1320. The van der Waals surface area contributed by atoms with Crippen LogP contribution in [0.3, 0.4) is 0 Å². The molecule has 168 valence electrons. The minimum Gasteiger partial charge on any atom is -0.322 e. The lowest BCUT2D eigenvalue weighted by Crippen LogP contribution is -2.13. The molecule has 4 aromatic rings. The van der Waals surface area contributed by atoms with Crippen molar-refractivity contribution in [2.75, 3.05) is 11.9 Å². The molecule has 1 N–H and O–H groups in total. The van der Waals surface area contributed by atoms with Crippen molar-refractivity contribution in [2.24, 2.45) is 10.9 Å². The van der Waals surface area contributed by atoms with Crippen LogP contribution >= 0.6 is 0 Å². The number of fused-ring (bicyclic) bond motifs is 1. The smallest absolute Gasteiger partial charge is 0.255 e. The fourth-order valence-corrected chi connectivity index (χ4v) is 3.96. The highest BCUT2D eigenvalue weighted by Crippen LogP contribution is 2.23. The van der Waals surface area contributed by atoms with Crippen LogP contribution in [-0.4, -0.2) is 27.7 Å². The standard InChI is InChI=1S/C27H27FN4O/c1-5-29-26(17(2)3)19-6-11-22(12-7-19)31-27(33)20-8-15-24-25(16-20)32(18(4)30-24)23-13-9-21(28)10-14-23/h6-17H,5H2,1-4H3,(H,31,33). The molecule has 0 aliphatic carbocycles. The summed E-state index contributed by atoms with van der Waals surface area (Å²) in [6.07, 6.45) is 0. The number of aliphatic imine (C=N–C) groups is 1. The Morgan fingerprint density at radius 2 is 1.70 bits per heavy atom. The molecule has 0 radical (unpaired) electrons. The maximum absolute atomic E-state index is 13.4. The van der Waals surface area contributed by atoms with E-state index >= 15 is 0 Å². The Balaban J connectivity index is 1.60. The molecule has 3 aromatic carbocycles. The maximum atomic E-state index is 13.4. The van der Waals surface area contributed by atoms with Crippen molar-refractivity contribution in [3.63, 3.8) is 0 Å². The number of amides is 1. The Morgan fingerprint density at radius 1 is 1.03 bits per heavy atom. The van der Waals surface area contributed by atoms with Crippen molar-refractivity contribution < 1.29 is 9.18 Å². The summed E-state index contributed by atoms with van der Waals surface area (Å²) in [5, 5.41) is 2.97. The summed E-state index contributed by atoms with van der Waals surface area (Å²) >= 11 is 0. The predicted molar refractivity (Wildman–Crippen MR) is 132 cm³/mol. The van der Waals surface area contributed by atoms with Crippen LogP contribution in [0.1, 0.15) is 42.5 Å². The number of halogens is 1. The summed E-state index contributed by atoms with van der Waals surface area (Å²) in [5.41, 5.74) is 5.71. The molecule has 0 atom stereocenters. The van der Waals surface area contributed by atoms with E-state index in [1.54, 1.807) is 18.2 Å². The van der Waals surface area contributed by atoms with Gasteiger partial charge in [-0.05, 0) is 79.9 Å². The molecule has 1 heterocycles. The zero-order valence-electron chi connectivity index (χ0n) is 19.3. The zero-order valence-corrected chi connectivity index (χ0v) is 19.3. The van der Waals surface area contributed by atoms with Crippen LogP contribution in [0.2, 0.25) is 0 Å². The van der Waals surface area contributed by atoms with E-state index in [-0.39, 0.29) is 11.7 Å². The number of carbonyl (C=O) groups excluding carboxylic acids is 1. The maximum Gasteiger partial charge on any atom is 0.255 e. The lowest BCUT2D eigenvalue weighted by Gasteiger charge is -2.12. The van der Waals surface area contributed by atoms with Crippen molar-refractivity contribution in [3.05, 3.63) is 89.5 Å². The third-order valence-corrected chi connectivity index (χ3v) is 5.48. The minimum absolute atomic E-state index is 0.208. The molecular formula is C27H27FN4O. The number of nitrogens with one attached hydrogen (secondary N) is 1. The summed E-state index contributed by atoms with van der Waals surface area (Å²) in [4.78, 5) is 22.2. The minimum atomic E-state index is -0.298. The first-order valence-electron chi connectivity index (χ1n) is 11.1. The van der Waals surface area contributed by atoms with E-state index < -0.39 is 0 Å². The van der Waals surface area contributed by atoms with Gasteiger partial charge in [-0.25, -0.2) is 9.37 Å². The van der Waals surface area contributed by atoms with Gasteiger partial charge in [0, 0.05) is 29.2 Å². The fraction of sp³-hybridized carbons (Fsp3) is 0.222. The number of hydrogen-bond acceptors (Lipinski definition) is 3. The molecule has 0 saturated heterocycles. The van der Waals surface area contributed by atoms with Gasteiger partial charge in [0.15, 0.2) is 0 Å². The third-order valence-electron chi connectivity index (χ3n) is 5.48. The molecule has 33 heavy (non-hydrogen) atoms. The van der Waals surface area contributed by atoms with Crippen LogP contribution in [0.25, 0.3) is 16.7 Å². The van der Waals surface area contributed by atoms with Gasteiger partial charge in [-0.2, -0.15) is 0 Å². The topological polar surface area (TPSA) is 59.3 Å². The zero-order chi connectivity index (χ0) is 23.5. The van der Waals surface area contributed by atoms with Crippen LogP contribution in [-0.2, 0) is 0 Å². The Hall–Kier alpha value is -3.80. The Labute approximate surface area is 193 Å². The summed E-state index contributed by atoms with van der Waals surface area (Å²) in [6, 6.07) is 19.4. The van der Waals surface area contributed by atoms with E-state index in [0.717, 1.165) is 40.4 Å². The van der Waals surface area contributed by atoms with Gasteiger partial charge in [-0.15, -0.1) is 0 Å². The van der Waals surface area contributed by atoms with E-state index in [4.69, 9.17) is 0 Å². The highest BCUT2D eigenvalue weighted by molar-refractivity contribution is 6.07. The third kappa shape index (κ3) is 4.70. The van der Waals surface area contributed by atoms with Gasteiger partial charge in [0.2, 0.25) is 0 Å². The van der Waals surface area contributed by atoms with Crippen molar-refractivity contribution in [2.45, 2.75) is 27.7 Å². The largest absolute Gasteiger partial charge is 0.322 e. The molecule has 5 nitrogen and oxygen atoms in total. The molecule has 4 rings (SSSR count). The average molecular weight is 443 g/mol. The van der Waals surface area contributed by atoms with Gasteiger partial charge >= 0.3 is 0 Å². The molecule has 0 aliphatic rings. The molecule has 0 unspecified atom stereocenters. The second-order valence-electron chi connectivity index (χ2n) is 8.22. The number of hydrogen-bond donors (Lipinski definition) is 1. The van der Waals surface area contributed by atoms with Crippen LogP contribution in [0.4, 0.5) is 10.1 Å². The van der Waals surface area contributed by atoms with E-state index in [1.165, 1.54) is 12.1 Å². The number of benzene rings is 3. The van der Waals surface area contributed by atoms with Gasteiger partial charge in [0.25, 0.3) is 5.91 Å². The summed E-state index contributed by atoms with van der Waals surface area (Å²) in [7, 11) is 0. The van der Waals surface area contributed by atoms with Gasteiger partial charge in [-0.1, -0.05) is 26.0 Å². The highest BCUT2D eigenvalue weighted by Gasteiger charge is 2.14. The molecule has 0 spiro atoms. The normalized spacial score (nSPS) is 11.9. The molecule has 1 amide bonds. The number of aryl methyl sites for hydroxylation is 1. The summed E-state index contributed by atoms with van der Waals surface area (Å²) in [5.74, 6) is 0.583. The van der Waals surface area contributed by atoms with E-state index in [9.17, 15) is 9.18 Å². The van der Waals surface area contributed by atoms with Crippen LogP contribution in [0.15, 0.2) is 71.7 Å². The van der Waals surface area contributed by atoms with Crippen molar-refractivity contribution in [1.29, 1.82) is 0 Å². The van der Waals surface area contributed by atoms with Crippen LogP contribution < -0.4 is 5.32 Å². The van der Waals surface area contributed by atoms with Gasteiger partial charge < -0.3 is 5.32 Å². The SMILES string of the molecule is CCN=C(c1ccc(NC(=O)c2ccc3nc(C)n(-c4ccc(F)cc4)c3c2)cc1)C(C)C. The number of rotatable bonds is 6. The number of nitrogens with zero attached hydrogens (tertiary/aromatic N) is 3. The Kier molecular flexibility index (Phi) is 6.36. The number of anilines is 1. The first-order valence-corrected chi connectivity index (χ1v) is 11.1. The van der Waals surface area contributed by atoms with E-state index in [2.05, 4.69) is 29.1 Å². The molecule has 1 aromatic heterocycles. The second kappa shape index (κ2) is 9.36. The number of carbonyl (C=O) groups is 1. The molecule has 6 heteroatoms. The lowest BCUT2D eigenvalue weighted by molar-refractivity contribution is 0.102. The average Bonchev–Trinajstić information content (AvgIpc) is 3.13. The molecule has 0 fully saturated rings. The quantitative estimate of drug-likeness (QED) is 0.362. The molecular weight excluding hydrogens is 415 g/mol. The molecule has 0 aliphatic heterocycles. The van der Waals surface area contributed by atoms with Crippen LogP contribution in [0, 0.1) is 18.7 Å². The molecule has 0 bridgehead atoms. The highest BCUT2D eigenvalue weighted by atomic mass is 19.1. The van der Waals surface area contributed by atoms with Gasteiger partial charge in [-0.3, -0.25) is 14.4 Å².